The number of carbonyl (C=O) groups excluding carboxylic acids is 1. The maximum atomic E-state index is 13.0. The molecule has 7 unspecified atom stereocenters. The van der Waals surface area contributed by atoms with Crippen LogP contribution in [0.25, 0.3) is 0 Å². The highest BCUT2D eigenvalue weighted by atomic mass is 16.7. The molecule has 0 bridgehead atoms. The summed E-state index contributed by atoms with van der Waals surface area (Å²) in [7, 11) is 0. The van der Waals surface area contributed by atoms with Gasteiger partial charge in [-0.3, -0.25) is 4.79 Å². The molecule has 0 saturated carbocycles. The molecule has 68 heavy (non-hydrogen) atoms. The second-order valence-corrected chi connectivity index (χ2v) is 19.0. The standard InChI is InChI=1S/C59H103NO8/c1-3-5-7-9-11-13-15-17-19-21-23-25-27-29-31-33-35-37-39-41-43-45-47-49-55(63)60-52(51-67-59-58(66)57(65)56(64)54(50-61)68-59)53(62)48-46-44-42-40-38-36-34-32-30-28-26-24-22-20-18-16-14-12-10-8-6-4-2/h5,7,11,13,17,19,23,25,29,31,38,40,46,48,52-54,56-59,61-62,64-66H,3-4,6,8-10,12,14-16,18,20-22,24,26-28,30,32-37,39,41-45,47,49-51H2,1-2H3,(H,60,63)/b7-5-,13-11-,19-17-,25-23-,31-29-,40-38+,48-46+. The number of aliphatic hydroxyl groups is 5. The molecule has 1 aliphatic rings. The topological polar surface area (TPSA) is 149 Å². The van der Waals surface area contributed by atoms with Gasteiger partial charge in [0.1, 0.15) is 24.4 Å². The van der Waals surface area contributed by atoms with Crippen molar-refractivity contribution >= 4 is 5.91 Å². The lowest BCUT2D eigenvalue weighted by Crippen LogP contribution is -2.60. The molecule has 1 heterocycles. The highest BCUT2D eigenvalue weighted by Crippen LogP contribution is 2.23. The van der Waals surface area contributed by atoms with Crippen molar-refractivity contribution in [3.05, 3.63) is 85.1 Å². The molecular weight excluding hydrogens is 851 g/mol. The van der Waals surface area contributed by atoms with Crippen molar-refractivity contribution < 1.29 is 39.8 Å². The first-order valence-electron chi connectivity index (χ1n) is 27.8. The third kappa shape index (κ3) is 37.2. The van der Waals surface area contributed by atoms with Gasteiger partial charge >= 0.3 is 0 Å². The number of carbonyl (C=O) groups is 1. The minimum absolute atomic E-state index is 0.200. The Labute approximate surface area is 416 Å². The van der Waals surface area contributed by atoms with Crippen LogP contribution in [-0.4, -0.2) is 87.5 Å². The molecule has 7 atom stereocenters. The summed E-state index contributed by atoms with van der Waals surface area (Å²) in [6, 6.07) is -0.834. The maximum absolute atomic E-state index is 13.0. The molecule has 0 aromatic heterocycles. The molecule has 9 heteroatoms. The van der Waals surface area contributed by atoms with Gasteiger partial charge in [0.2, 0.25) is 5.91 Å². The van der Waals surface area contributed by atoms with E-state index in [0.717, 1.165) is 83.5 Å². The van der Waals surface area contributed by atoms with Crippen molar-refractivity contribution in [2.75, 3.05) is 13.2 Å². The highest BCUT2D eigenvalue weighted by Gasteiger charge is 2.44. The molecule has 1 aliphatic heterocycles. The van der Waals surface area contributed by atoms with Crippen LogP contribution < -0.4 is 5.32 Å². The number of ether oxygens (including phenoxy) is 2. The van der Waals surface area contributed by atoms with Gasteiger partial charge in [0.15, 0.2) is 6.29 Å². The number of amides is 1. The quantitative estimate of drug-likeness (QED) is 0.0261. The van der Waals surface area contributed by atoms with Gasteiger partial charge in [-0.15, -0.1) is 0 Å². The lowest BCUT2D eigenvalue weighted by Gasteiger charge is -2.40. The molecule has 0 radical (unpaired) electrons. The van der Waals surface area contributed by atoms with E-state index in [-0.39, 0.29) is 12.5 Å². The number of rotatable bonds is 46. The van der Waals surface area contributed by atoms with Gasteiger partial charge in [0, 0.05) is 6.42 Å². The SMILES string of the molecule is CC/C=C\C/C=C\C/C=C\C/C=C\C/C=C\CCCCCCCCCC(=O)NC(COC1OC(CO)C(O)C(O)C1O)C(O)/C=C/CC/C=C/CCCCCCCCCCCCCCCCCC. The first-order valence-corrected chi connectivity index (χ1v) is 27.8. The molecule has 0 aromatic carbocycles. The summed E-state index contributed by atoms with van der Waals surface area (Å²) in [5, 5.41) is 54.5. The third-order valence-corrected chi connectivity index (χ3v) is 12.7. The van der Waals surface area contributed by atoms with E-state index in [1.54, 1.807) is 6.08 Å². The summed E-state index contributed by atoms with van der Waals surface area (Å²) < 4.78 is 11.2. The van der Waals surface area contributed by atoms with Crippen molar-refractivity contribution in [3.8, 4) is 0 Å². The molecule has 0 aliphatic carbocycles. The van der Waals surface area contributed by atoms with Crippen LogP contribution in [0.4, 0.5) is 0 Å². The Balaban J connectivity index is 2.30. The number of allylic oxidation sites excluding steroid dienone is 13. The molecule has 6 N–H and O–H groups in total. The van der Waals surface area contributed by atoms with Crippen molar-refractivity contribution in [3.63, 3.8) is 0 Å². The first kappa shape index (κ1) is 63.4. The van der Waals surface area contributed by atoms with Gasteiger partial charge in [-0.05, 0) is 77.0 Å². The van der Waals surface area contributed by atoms with Crippen LogP contribution in [0, 0.1) is 0 Å². The average molecular weight is 954 g/mol. The van der Waals surface area contributed by atoms with Gasteiger partial charge in [-0.1, -0.05) is 227 Å². The number of hydrogen-bond donors (Lipinski definition) is 6. The Kier molecular flexibility index (Phi) is 44.8. The zero-order valence-corrected chi connectivity index (χ0v) is 43.3. The summed E-state index contributed by atoms with van der Waals surface area (Å²) in [6.07, 6.45) is 60.6. The van der Waals surface area contributed by atoms with Gasteiger partial charge in [-0.2, -0.15) is 0 Å². The van der Waals surface area contributed by atoms with E-state index in [9.17, 15) is 30.3 Å². The maximum Gasteiger partial charge on any atom is 0.220 e. The van der Waals surface area contributed by atoms with E-state index >= 15 is 0 Å². The van der Waals surface area contributed by atoms with E-state index in [0.29, 0.717) is 6.42 Å². The number of hydrogen-bond acceptors (Lipinski definition) is 8. The molecule has 1 fully saturated rings. The first-order chi connectivity index (χ1) is 33.3. The Morgan fingerprint density at radius 1 is 0.515 bits per heavy atom. The summed E-state index contributed by atoms with van der Waals surface area (Å²) >= 11 is 0. The van der Waals surface area contributed by atoms with Crippen molar-refractivity contribution in [1.29, 1.82) is 0 Å². The van der Waals surface area contributed by atoms with E-state index in [1.165, 1.54) is 122 Å². The molecular formula is C59H103NO8. The van der Waals surface area contributed by atoms with Gasteiger partial charge in [0.25, 0.3) is 0 Å². The molecule has 0 aromatic rings. The van der Waals surface area contributed by atoms with E-state index in [4.69, 9.17) is 9.47 Å². The normalized spacial score (nSPS) is 20.2. The fourth-order valence-electron chi connectivity index (χ4n) is 8.32. The zero-order valence-electron chi connectivity index (χ0n) is 43.3. The molecule has 1 rings (SSSR count). The molecule has 1 amide bonds. The van der Waals surface area contributed by atoms with Crippen LogP contribution in [-0.2, 0) is 14.3 Å². The minimum Gasteiger partial charge on any atom is -0.394 e. The Morgan fingerprint density at radius 2 is 0.926 bits per heavy atom. The largest absolute Gasteiger partial charge is 0.394 e. The number of nitrogens with one attached hydrogen (secondary N) is 1. The monoisotopic (exact) mass is 954 g/mol. The Morgan fingerprint density at radius 3 is 1.41 bits per heavy atom. The fourth-order valence-corrected chi connectivity index (χ4v) is 8.32. The molecule has 392 valence electrons. The second kappa shape index (κ2) is 48.0. The van der Waals surface area contributed by atoms with Gasteiger partial charge in [0.05, 0.1) is 25.4 Å². The van der Waals surface area contributed by atoms with Crippen LogP contribution in [0.15, 0.2) is 85.1 Å². The Bertz CT molecular complexity index is 1340. The van der Waals surface area contributed by atoms with Gasteiger partial charge in [-0.25, -0.2) is 0 Å². The van der Waals surface area contributed by atoms with E-state index in [1.807, 2.05) is 6.08 Å². The summed E-state index contributed by atoms with van der Waals surface area (Å²) in [4.78, 5) is 13.0. The minimum atomic E-state index is -1.58. The van der Waals surface area contributed by atoms with E-state index in [2.05, 4.69) is 92.1 Å². The fraction of sp³-hybridized carbons (Fsp3) is 0.746. The van der Waals surface area contributed by atoms with Crippen LogP contribution in [0.2, 0.25) is 0 Å². The molecule has 0 spiro atoms. The number of aliphatic hydroxyl groups excluding tert-OH is 5. The van der Waals surface area contributed by atoms with Crippen LogP contribution >= 0.6 is 0 Å². The lowest BCUT2D eigenvalue weighted by molar-refractivity contribution is -0.302. The van der Waals surface area contributed by atoms with Gasteiger partial charge < -0.3 is 40.3 Å². The zero-order chi connectivity index (χ0) is 49.4. The predicted octanol–water partition coefficient (Wildman–Crippen LogP) is 13.5. The summed E-state index contributed by atoms with van der Waals surface area (Å²) in [5.74, 6) is -0.200. The van der Waals surface area contributed by atoms with Crippen LogP contribution in [0.3, 0.4) is 0 Å². The molecule has 9 nitrogen and oxygen atoms in total. The lowest BCUT2D eigenvalue weighted by atomic mass is 9.99. The predicted molar refractivity (Wildman–Crippen MR) is 285 cm³/mol. The Hall–Kier alpha value is -2.63. The highest BCUT2D eigenvalue weighted by molar-refractivity contribution is 5.76. The smallest absolute Gasteiger partial charge is 0.220 e. The average Bonchev–Trinajstić information content (AvgIpc) is 3.34. The van der Waals surface area contributed by atoms with E-state index < -0.39 is 49.5 Å². The number of unbranched alkanes of at least 4 members (excludes halogenated alkanes) is 24. The second-order valence-electron chi connectivity index (χ2n) is 19.0. The van der Waals surface area contributed by atoms with Crippen LogP contribution in [0.1, 0.15) is 226 Å². The van der Waals surface area contributed by atoms with Crippen LogP contribution in [0.5, 0.6) is 0 Å². The van der Waals surface area contributed by atoms with Crippen molar-refractivity contribution in [2.24, 2.45) is 0 Å². The van der Waals surface area contributed by atoms with Crippen molar-refractivity contribution in [1.82, 2.24) is 5.32 Å². The third-order valence-electron chi connectivity index (χ3n) is 12.7. The molecule has 1 saturated heterocycles. The summed E-state index contributed by atoms with van der Waals surface area (Å²) in [5.41, 5.74) is 0. The van der Waals surface area contributed by atoms with Crippen molar-refractivity contribution in [2.45, 2.75) is 269 Å². The summed E-state index contributed by atoms with van der Waals surface area (Å²) in [6.45, 7) is 3.65.